The Morgan fingerprint density at radius 3 is 2.19 bits per heavy atom. The number of aliphatic hydroxyl groups excluding tert-OH is 1. The Labute approximate surface area is 164 Å². The number of hydrogen-bond acceptors (Lipinski definition) is 6. The Hall–Kier alpha value is -1.12. The van der Waals surface area contributed by atoms with Gasteiger partial charge in [-0.3, -0.25) is 0 Å². The van der Waals surface area contributed by atoms with Gasteiger partial charge >= 0.3 is 0 Å². The molecule has 1 aromatic carbocycles. The summed E-state index contributed by atoms with van der Waals surface area (Å²) in [6.07, 6.45) is 1.61. The molecule has 0 bridgehead atoms. The number of rotatable bonds is 12. The van der Waals surface area contributed by atoms with E-state index >= 15 is 0 Å². The minimum atomic E-state index is -1.76. The predicted octanol–water partition coefficient (Wildman–Crippen LogP) is 4.10. The molecule has 0 fully saturated rings. The molecular weight excluding hydrogens is 364 g/mol. The van der Waals surface area contributed by atoms with E-state index in [4.69, 9.17) is 23.4 Å². The number of methoxy groups -OCH3 is 2. The summed E-state index contributed by atoms with van der Waals surface area (Å²) in [5, 5.41) is 9.77. The minimum absolute atomic E-state index is 0.0681. The first kappa shape index (κ1) is 23.9. The van der Waals surface area contributed by atoms with Crippen LogP contribution in [0, 0.1) is 0 Å². The van der Waals surface area contributed by atoms with Crippen LogP contribution in [0.3, 0.4) is 0 Å². The van der Waals surface area contributed by atoms with Crippen molar-refractivity contribution < 1.29 is 28.5 Å². The summed E-state index contributed by atoms with van der Waals surface area (Å²) in [5.74, 6) is 1.17. The minimum Gasteiger partial charge on any atom is -0.464 e. The third-order valence-corrected chi connectivity index (χ3v) is 9.43. The largest absolute Gasteiger partial charge is 0.464 e. The van der Waals surface area contributed by atoms with Crippen molar-refractivity contribution in [2.75, 3.05) is 34.4 Å². The van der Waals surface area contributed by atoms with E-state index in [-0.39, 0.29) is 25.2 Å². The molecular formula is C20H36O6Si. The van der Waals surface area contributed by atoms with Crippen molar-refractivity contribution in [1.29, 1.82) is 0 Å². The molecule has 0 saturated carbocycles. The van der Waals surface area contributed by atoms with Gasteiger partial charge in [0.25, 0.3) is 0 Å². The van der Waals surface area contributed by atoms with Crippen LogP contribution in [-0.4, -0.2) is 47.8 Å². The molecule has 0 radical (unpaired) electrons. The molecule has 0 atom stereocenters. The third kappa shape index (κ3) is 7.42. The molecule has 0 unspecified atom stereocenters. The van der Waals surface area contributed by atoms with Crippen molar-refractivity contribution in [3.63, 3.8) is 0 Å². The Kier molecular flexibility index (Phi) is 9.76. The molecule has 7 heteroatoms. The van der Waals surface area contributed by atoms with Gasteiger partial charge in [0.05, 0.1) is 6.61 Å². The van der Waals surface area contributed by atoms with Crippen LogP contribution < -0.4 is 9.47 Å². The zero-order chi connectivity index (χ0) is 20.5. The average molecular weight is 401 g/mol. The Balaban J connectivity index is 2.89. The van der Waals surface area contributed by atoms with E-state index in [2.05, 4.69) is 33.9 Å². The lowest BCUT2D eigenvalue weighted by Gasteiger charge is -2.36. The van der Waals surface area contributed by atoms with Gasteiger partial charge in [-0.2, -0.15) is 0 Å². The molecule has 156 valence electrons. The molecule has 0 aromatic heterocycles. The summed E-state index contributed by atoms with van der Waals surface area (Å²) in [6, 6.07) is 3.70. The van der Waals surface area contributed by atoms with Crippen molar-refractivity contribution in [3.8, 4) is 11.5 Å². The van der Waals surface area contributed by atoms with Gasteiger partial charge in [-0.15, -0.1) is 0 Å². The monoisotopic (exact) mass is 400 g/mol. The first-order valence-electron chi connectivity index (χ1n) is 9.30. The molecule has 1 N–H and O–H groups in total. The molecule has 27 heavy (non-hydrogen) atoms. The van der Waals surface area contributed by atoms with E-state index in [1.54, 1.807) is 20.3 Å². The van der Waals surface area contributed by atoms with Crippen LogP contribution in [0.15, 0.2) is 12.1 Å². The summed E-state index contributed by atoms with van der Waals surface area (Å²) in [5.41, 5.74) is 1.73. The normalized spacial score (nSPS) is 12.3. The van der Waals surface area contributed by atoms with Crippen molar-refractivity contribution >= 4 is 8.32 Å². The highest BCUT2D eigenvalue weighted by molar-refractivity contribution is 6.74. The molecule has 0 aliphatic carbocycles. The molecule has 6 nitrogen and oxygen atoms in total. The van der Waals surface area contributed by atoms with E-state index in [1.807, 2.05) is 6.07 Å². The fourth-order valence-corrected chi connectivity index (χ4v) is 3.41. The number of hydrogen-bond donors (Lipinski definition) is 1. The highest BCUT2D eigenvalue weighted by Crippen LogP contribution is 2.37. The van der Waals surface area contributed by atoms with E-state index in [0.717, 1.165) is 24.0 Å². The fraction of sp³-hybridized carbons (Fsp3) is 0.700. The third-order valence-electron chi connectivity index (χ3n) is 4.89. The smallest absolute Gasteiger partial charge is 0.191 e. The van der Waals surface area contributed by atoms with Crippen LogP contribution in [0.5, 0.6) is 11.5 Å². The van der Waals surface area contributed by atoms with Crippen molar-refractivity contribution in [3.05, 3.63) is 23.3 Å². The van der Waals surface area contributed by atoms with Crippen LogP contribution in [0.25, 0.3) is 0 Å². The molecule has 0 aliphatic heterocycles. The number of aryl methyl sites for hydroxylation is 1. The quantitative estimate of drug-likeness (QED) is 0.324. The first-order chi connectivity index (χ1) is 12.7. The molecule has 0 amide bonds. The van der Waals surface area contributed by atoms with Gasteiger partial charge < -0.3 is 28.5 Å². The highest BCUT2D eigenvalue weighted by atomic mass is 28.4. The predicted molar refractivity (Wildman–Crippen MR) is 109 cm³/mol. The summed E-state index contributed by atoms with van der Waals surface area (Å²) in [4.78, 5) is 0. The number of ether oxygens (including phenoxy) is 4. The van der Waals surface area contributed by atoms with Gasteiger partial charge in [-0.05, 0) is 54.2 Å². The lowest BCUT2D eigenvalue weighted by atomic mass is 10.0. The van der Waals surface area contributed by atoms with E-state index in [0.29, 0.717) is 18.1 Å². The molecule has 0 saturated heterocycles. The second kappa shape index (κ2) is 11.0. The molecule has 1 rings (SSSR count). The fourth-order valence-electron chi connectivity index (χ4n) is 2.32. The van der Waals surface area contributed by atoms with Gasteiger partial charge in [0, 0.05) is 20.8 Å². The zero-order valence-corrected chi connectivity index (χ0v) is 18.9. The van der Waals surface area contributed by atoms with Crippen LogP contribution in [0.4, 0.5) is 0 Å². The summed E-state index contributed by atoms with van der Waals surface area (Å²) in [6.45, 7) is 12.1. The maximum Gasteiger partial charge on any atom is 0.191 e. The Bertz CT molecular complexity index is 568. The van der Waals surface area contributed by atoms with E-state index in [9.17, 15) is 5.11 Å². The topological polar surface area (TPSA) is 66.4 Å². The molecule has 1 aromatic rings. The first-order valence-corrected chi connectivity index (χ1v) is 12.2. The number of benzene rings is 1. The van der Waals surface area contributed by atoms with Gasteiger partial charge in [0.15, 0.2) is 33.4 Å². The average Bonchev–Trinajstić information content (AvgIpc) is 2.61. The molecule has 0 spiro atoms. The van der Waals surface area contributed by atoms with Crippen LogP contribution in [0.2, 0.25) is 18.1 Å². The lowest BCUT2D eigenvalue weighted by Crippen LogP contribution is -2.41. The maximum absolute atomic E-state index is 9.58. The van der Waals surface area contributed by atoms with Gasteiger partial charge in [0.1, 0.15) is 0 Å². The van der Waals surface area contributed by atoms with Crippen molar-refractivity contribution in [2.24, 2.45) is 0 Å². The second-order valence-electron chi connectivity index (χ2n) is 8.05. The number of aliphatic hydroxyl groups is 1. The van der Waals surface area contributed by atoms with Crippen molar-refractivity contribution in [2.45, 2.75) is 58.4 Å². The lowest BCUT2D eigenvalue weighted by molar-refractivity contribution is 0.0315. The standard InChI is InChI=1S/C20H36O6Si/c1-20(2,3)27(6,7)26-10-8-9-17-11-16(13-21)12-18(24-14-22-4)19(17)25-15-23-5/h11-12,21H,8-10,13-15H2,1-7H3. The molecule has 0 heterocycles. The van der Waals surface area contributed by atoms with Crippen LogP contribution in [0.1, 0.15) is 38.3 Å². The molecule has 0 aliphatic rings. The highest BCUT2D eigenvalue weighted by Gasteiger charge is 2.36. The Morgan fingerprint density at radius 2 is 1.63 bits per heavy atom. The van der Waals surface area contributed by atoms with Gasteiger partial charge in [-0.1, -0.05) is 20.8 Å². The Morgan fingerprint density at radius 1 is 1.00 bits per heavy atom. The van der Waals surface area contributed by atoms with Crippen LogP contribution >= 0.6 is 0 Å². The van der Waals surface area contributed by atoms with Crippen LogP contribution in [-0.2, 0) is 26.9 Å². The van der Waals surface area contributed by atoms with E-state index < -0.39 is 8.32 Å². The maximum atomic E-state index is 9.58. The summed E-state index contributed by atoms with van der Waals surface area (Å²) in [7, 11) is 1.38. The summed E-state index contributed by atoms with van der Waals surface area (Å²) >= 11 is 0. The zero-order valence-electron chi connectivity index (χ0n) is 17.9. The van der Waals surface area contributed by atoms with Crippen molar-refractivity contribution in [1.82, 2.24) is 0 Å². The van der Waals surface area contributed by atoms with E-state index in [1.165, 1.54) is 0 Å². The van der Waals surface area contributed by atoms with Gasteiger partial charge in [-0.25, -0.2) is 0 Å². The second-order valence-corrected chi connectivity index (χ2v) is 12.9. The summed E-state index contributed by atoms with van der Waals surface area (Å²) < 4.78 is 27.7. The SMILES string of the molecule is COCOc1cc(CO)cc(CCCO[Si](C)(C)C(C)(C)C)c1OCOC. The van der Waals surface area contributed by atoms with Gasteiger partial charge in [0.2, 0.25) is 0 Å².